The van der Waals surface area contributed by atoms with Gasteiger partial charge in [0.2, 0.25) is 5.28 Å². The Balaban J connectivity index is 2.29. The standard InChI is InChI=1S/C14H14ClN3O2S/c1-8-4-9(2)6-11(5-8)7-21-13-12(18(19)20)10(3)16-14(15)17-13/h4-6H,7H2,1-3H3. The van der Waals surface area contributed by atoms with Gasteiger partial charge in [0.15, 0.2) is 5.03 Å². The van der Waals surface area contributed by atoms with Gasteiger partial charge in [0.1, 0.15) is 5.69 Å². The number of hydrogen-bond donors (Lipinski definition) is 0. The van der Waals surface area contributed by atoms with E-state index in [0.717, 1.165) is 16.7 Å². The number of nitrogens with zero attached hydrogens (tertiary/aromatic N) is 3. The molecule has 0 unspecified atom stereocenters. The van der Waals surface area contributed by atoms with Gasteiger partial charge in [-0.15, -0.1) is 0 Å². The van der Waals surface area contributed by atoms with Crippen LogP contribution in [0.3, 0.4) is 0 Å². The first-order chi connectivity index (χ1) is 9.86. The van der Waals surface area contributed by atoms with Gasteiger partial charge in [0.25, 0.3) is 0 Å². The predicted octanol–water partition coefficient (Wildman–Crippen LogP) is 4.26. The van der Waals surface area contributed by atoms with Crippen molar-refractivity contribution in [2.45, 2.75) is 31.6 Å². The predicted molar refractivity (Wildman–Crippen MR) is 83.9 cm³/mol. The molecule has 7 heteroatoms. The van der Waals surface area contributed by atoms with Gasteiger partial charge in [0, 0.05) is 5.75 Å². The zero-order valence-corrected chi connectivity index (χ0v) is 13.5. The van der Waals surface area contributed by atoms with Crippen molar-refractivity contribution in [1.29, 1.82) is 0 Å². The van der Waals surface area contributed by atoms with E-state index in [9.17, 15) is 10.1 Å². The van der Waals surface area contributed by atoms with Crippen LogP contribution >= 0.6 is 23.4 Å². The van der Waals surface area contributed by atoms with E-state index in [-0.39, 0.29) is 16.7 Å². The second kappa shape index (κ2) is 6.41. The van der Waals surface area contributed by atoms with Crippen LogP contribution in [0.1, 0.15) is 22.4 Å². The Morgan fingerprint density at radius 3 is 2.38 bits per heavy atom. The Labute approximate surface area is 131 Å². The SMILES string of the molecule is Cc1cc(C)cc(CSc2nc(Cl)nc(C)c2[N+](=O)[O-])c1. The van der Waals surface area contributed by atoms with Crippen LogP contribution in [0.4, 0.5) is 5.69 Å². The maximum atomic E-state index is 11.1. The molecule has 0 radical (unpaired) electrons. The molecule has 1 aromatic carbocycles. The number of benzene rings is 1. The summed E-state index contributed by atoms with van der Waals surface area (Å²) in [4.78, 5) is 18.5. The summed E-state index contributed by atoms with van der Waals surface area (Å²) in [6.45, 7) is 5.61. The summed E-state index contributed by atoms with van der Waals surface area (Å²) in [5, 5.41) is 11.5. The largest absolute Gasteiger partial charge is 0.322 e. The summed E-state index contributed by atoms with van der Waals surface area (Å²) in [6, 6.07) is 6.20. The Morgan fingerprint density at radius 2 is 1.81 bits per heavy atom. The Kier molecular flexibility index (Phi) is 4.80. The van der Waals surface area contributed by atoms with Crippen LogP contribution < -0.4 is 0 Å². The van der Waals surface area contributed by atoms with Crippen molar-refractivity contribution in [3.8, 4) is 0 Å². The van der Waals surface area contributed by atoms with Crippen molar-refractivity contribution in [3.63, 3.8) is 0 Å². The van der Waals surface area contributed by atoms with E-state index < -0.39 is 4.92 Å². The van der Waals surface area contributed by atoms with Gasteiger partial charge in [-0.05, 0) is 37.9 Å². The summed E-state index contributed by atoms with van der Waals surface area (Å²) in [5.74, 6) is 0.593. The van der Waals surface area contributed by atoms with Crippen LogP contribution in [-0.4, -0.2) is 14.9 Å². The van der Waals surface area contributed by atoms with Gasteiger partial charge in [0.05, 0.1) is 4.92 Å². The van der Waals surface area contributed by atoms with Crippen molar-refractivity contribution in [3.05, 3.63) is 56.0 Å². The molecule has 1 heterocycles. The fourth-order valence-electron chi connectivity index (χ4n) is 2.12. The number of rotatable bonds is 4. The second-order valence-electron chi connectivity index (χ2n) is 4.77. The van der Waals surface area contributed by atoms with E-state index in [1.54, 1.807) is 6.92 Å². The van der Waals surface area contributed by atoms with Crippen molar-refractivity contribution < 1.29 is 4.92 Å². The molecule has 0 aliphatic rings. The average molecular weight is 324 g/mol. The fraction of sp³-hybridized carbons (Fsp3) is 0.286. The highest BCUT2D eigenvalue weighted by molar-refractivity contribution is 7.98. The van der Waals surface area contributed by atoms with Crippen molar-refractivity contribution in [1.82, 2.24) is 9.97 Å². The first kappa shape index (κ1) is 15.7. The quantitative estimate of drug-likeness (QED) is 0.276. The Bertz CT molecular complexity index is 687. The summed E-state index contributed by atoms with van der Waals surface area (Å²) < 4.78 is 0. The number of thioether (sulfide) groups is 1. The Hall–Kier alpha value is -1.66. The van der Waals surface area contributed by atoms with E-state index in [1.807, 2.05) is 13.8 Å². The molecule has 0 saturated carbocycles. The van der Waals surface area contributed by atoms with E-state index in [0.29, 0.717) is 10.8 Å². The molecule has 0 atom stereocenters. The van der Waals surface area contributed by atoms with Crippen molar-refractivity contribution >= 4 is 29.1 Å². The Morgan fingerprint density at radius 1 is 1.19 bits per heavy atom. The number of aromatic nitrogens is 2. The topological polar surface area (TPSA) is 68.9 Å². The van der Waals surface area contributed by atoms with E-state index in [1.165, 1.54) is 11.8 Å². The van der Waals surface area contributed by atoms with Crippen LogP contribution in [0.2, 0.25) is 5.28 Å². The molecule has 0 bridgehead atoms. The maximum Gasteiger partial charge on any atom is 0.322 e. The summed E-state index contributed by atoms with van der Waals surface area (Å²) in [7, 11) is 0. The summed E-state index contributed by atoms with van der Waals surface area (Å²) >= 11 is 7.10. The molecule has 0 saturated heterocycles. The highest BCUT2D eigenvalue weighted by atomic mass is 35.5. The lowest BCUT2D eigenvalue weighted by Crippen LogP contribution is -2.00. The lowest BCUT2D eigenvalue weighted by Gasteiger charge is -2.06. The molecule has 110 valence electrons. The third-order valence-electron chi connectivity index (χ3n) is 2.84. The highest BCUT2D eigenvalue weighted by Crippen LogP contribution is 2.32. The van der Waals surface area contributed by atoms with Crippen LogP contribution in [0.5, 0.6) is 0 Å². The normalized spacial score (nSPS) is 10.7. The van der Waals surface area contributed by atoms with Gasteiger partial charge in [-0.1, -0.05) is 41.1 Å². The van der Waals surface area contributed by atoms with Crippen molar-refractivity contribution in [2.75, 3.05) is 0 Å². The molecule has 0 amide bonds. The molecular weight excluding hydrogens is 310 g/mol. The molecule has 0 aliphatic carbocycles. The zero-order valence-electron chi connectivity index (χ0n) is 11.9. The third kappa shape index (κ3) is 3.92. The monoisotopic (exact) mass is 323 g/mol. The van der Waals surface area contributed by atoms with Crippen molar-refractivity contribution in [2.24, 2.45) is 0 Å². The molecule has 0 aliphatic heterocycles. The number of hydrogen-bond acceptors (Lipinski definition) is 5. The van der Waals surface area contributed by atoms with Gasteiger partial charge in [-0.3, -0.25) is 10.1 Å². The molecule has 0 spiro atoms. The van der Waals surface area contributed by atoms with Crippen LogP contribution in [0, 0.1) is 30.9 Å². The molecule has 21 heavy (non-hydrogen) atoms. The van der Waals surface area contributed by atoms with Crippen LogP contribution in [-0.2, 0) is 5.75 Å². The van der Waals surface area contributed by atoms with Gasteiger partial charge in [-0.25, -0.2) is 9.97 Å². The summed E-state index contributed by atoms with van der Waals surface area (Å²) in [5.41, 5.74) is 3.63. The van der Waals surface area contributed by atoms with Gasteiger partial charge < -0.3 is 0 Å². The highest BCUT2D eigenvalue weighted by Gasteiger charge is 2.22. The molecular formula is C14H14ClN3O2S. The third-order valence-corrected chi connectivity index (χ3v) is 4.04. The number of nitro groups is 1. The average Bonchev–Trinajstić information content (AvgIpc) is 2.33. The summed E-state index contributed by atoms with van der Waals surface area (Å²) in [6.07, 6.45) is 0. The number of aryl methyl sites for hydroxylation is 3. The molecule has 1 aromatic heterocycles. The number of halogens is 1. The smallest absolute Gasteiger partial charge is 0.258 e. The van der Waals surface area contributed by atoms with Gasteiger partial charge in [-0.2, -0.15) is 0 Å². The van der Waals surface area contributed by atoms with Crippen LogP contribution in [0.15, 0.2) is 23.2 Å². The van der Waals surface area contributed by atoms with E-state index in [2.05, 4.69) is 28.2 Å². The lowest BCUT2D eigenvalue weighted by molar-refractivity contribution is -0.389. The minimum atomic E-state index is -0.463. The minimum absolute atomic E-state index is 0.0287. The molecule has 5 nitrogen and oxygen atoms in total. The maximum absolute atomic E-state index is 11.1. The first-order valence-corrected chi connectivity index (χ1v) is 7.61. The molecule has 0 N–H and O–H groups in total. The minimum Gasteiger partial charge on any atom is -0.258 e. The molecule has 2 aromatic rings. The van der Waals surface area contributed by atoms with Crippen LogP contribution in [0.25, 0.3) is 0 Å². The second-order valence-corrected chi connectivity index (χ2v) is 6.08. The van der Waals surface area contributed by atoms with E-state index >= 15 is 0 Å². The first-order valence-electron chi connectivity index (χ1n) is 6.25. The zero-order chi connectivity index (χ0) is 15.6. The lowest BCUT2D eigenvalue weighted by atomic mass is 10.1. The van der Waals surface area contributed by atoms with E-state index in [4.69, 9.17) is 11.6 Å². The fourth-order valence-corrected chi connectivity index (χ4v) is 3.36. The molecule has 2 rings (SSSR count). The molecule has 0 fully saturated rings. The van der Waals surface area contributed by atoms with Gasteiger partial charge >= 0.3 is 5.69 Å².